The summed E-state index contributed by atoms with van der Waals surface area (Å²) in [4.78, 5) is -0.451. The van der Waals surface area contributed by atoms with Gasteiger partial charge in [0.25, 0.3) is 0 Å². The van der Waals surface area contributed by atoms with Crippen LogP contribution >= 0.6 is 15.9 Å². The van der Waals surface area contributed by atoms with Crippen molar-refractivity contribution in [3.05, 3.63) is 28.5 Å². The third-order valence-electron chi connectivity index (χ3n) is 1.48. The second-order valence-corrected chi connectivity index (χ2v) is 5.37. The van der Waals surface area contributed by atoms with Crippen LogP contribution in [0.2, 0.25) is 0 Å². The van der Waals surface area contributed by atoms with Crippen LogP contribution in [0.15, 0.2) is 27.6 Å². The lowest BCUT2D eigenvalue weighted by Crippen LogP contribution is -2.07. The molecular weight excluding hydrogens is 273 g/mol. The van der Waals surface area contributed by atoms with Crippen molar-refractivity contribution in [2.24, 2.45) is 0 Å². The summed E-state index contributed by atoms with van der Waals surface area (Å²) in [5.74, 6) is -1.57. The van der Waals surface area contributed by atoms with Gasteiger partial charge in [-0.25, -0.2) is 12.8 Å². The van der Waals surface area contributed by atoms with Gasteiger partial charge in [0.15, 0.2) is 9.84 Å². The van der Waals surface area contributed by atoms with Crippen LogP contribution in [0.25, 0.3) is 0 Å². The molecule has 6 heteroatoms. The molecule has 0 radical (unpaired) electrons. The molecule has 0 saturated carbocycles. The standard InChI is InChI=1S/C8H5BrFNO2S/c9-6-1-2-7(10)8(5-6)14(12,13)4-3-11/h1-2,5H,4H2. The molecule has 0 aliphatic rings. The summed E-state index contributed by atoms with van der Waals surface area (Å²) in [5, 5.41) is 8.26. The number of sulfone groups is 1. The molecule has 0 aliphatic carbocycles. The average Bonchev–Trinajstić information content (AvgIpc) is 2.09. The van der Waals surface area contributed by atoms with E-state index in [4.69, 9.17) is 5.26 Å². The van der Waals surface area contributed by atoms with E-state index in [1.54, 1.807) is 0 Å². The van der Waals surface area contributed by atoms with Crippen molar-refractivity contribution >= 4 is 25.8 Å². The van der Waals surface area contributed by atoms with E-state index in [0.717, 1.165) is 12.1 Å². The molecule has 1 aromatic rings. The monoisotopic (exact) mass is 277 g/mol. The molecule has 0 N–H and O–H groups in total. The van der Waals surface area contributed by atoms with Gasteiger partial charge in [0.2, 0.25) is 0 Å². The first-order chi connectivity index (χ1) is 6.47. The van der Waals surface area contributed by atoms with Crippen LogP contribution in [-0.4, -0.2) is 14.2 Å². The Bertz CT molecular complexity index is 493. The first kappa shape index (κ1) is 11.1. The molecule has 3 nitrogen and oxygen atoms in total. The summed E-state index contributed by atoms with van der Waals surface area (Å²) >= 11 is 3.03. The van der Waals surface area contributed by atoms with Crippen LogP contribution in [0.4, 0.5) is 4.39 Å². The van der Waals surface area contributed by atoms with Gasteiger partial charge >= 0.3 is 0 Å². The SMILES string of the molecule is N#CCS(=O)(=O)c1cc(Br)ccc1F. The van der Waals surface area contributed by atoms with E-state index < -0.39 is 26.3 Å². The zero-order valence-electron chi connectivity index (χ0n) is 6.87. The smallest absolute Gasteiger partial charge is 0.194 e. The van der Waals surface area contributed by atoms with Crippen LogP contribution in [0.1, 0.15) is 0 Å². The summed E-state index contributed by atoms with van der Waals surface area (Å²) in [6.07, 6.45) is 0. The molecule has 0 atom stereocenters. The molecular formula is C8H5BrFNO2S. The van der Waals surface area contributed by atoms with Crippen LogP contribution in [0, 0.1) is 17.1 Å². The Morgan fingerprint density at radius 2 is 2.14 bits per heavy atom. The first-order valence-electron chi connectivity index (χ1n) is 3.52. The zero-order valence-corrected chi connectivity index (χ0v) is 9.27. The highest BCUT2D eigenvalue weighted by atomic mass is 79.9. The summed E-state index contributed by atoms with van der Waals surface area (Å²) in [6.45, 7) is 0. The summed E-state index contributed by atoms with van der Waals surface area (Å²) in [5.41, 5.74) is 0. The molecule has 0 unspecified atom stereocenters. The van der Waals surface area contributed by atoms with Crippen molar-refractivity contribution < 1.29 is 12.8 Å². The van der Waals surface area contributed by atoms with Gasteiger partial charge in [-0.1, -0.05) is 15.9 Å². The molecule has 0 amide bonds. The van der Waals surface area contributed by atoms with Crippen molar-refractivity contribution in [3.63, 3.8) is 0 Å². The minimum Gasteiger partial charge on any atom is -0.223 e. The number of hydrogen-bond acceptors (Lipinski definition) is 3. The molecule has 0 saturated heterocycles. The first-order valence-corrected chi connectivity index (χ1v) is 5.96. The number of hydrogen-bond donors (Lipinski definition) is 0. The zero-order chi connectivity index (χ0) is 10.8. The van der Waals surface area contributed by atoms with Gasteiger partial charge in [0, 0.05) is 4.47 Å². The van der Waals surface area contributed by atoms with Gasteiger partial charge in [0.1, 0.15) is 16.5 Å². The average molecular weight is 278 g/mol. The third kappa shape index (κ3) is 2.30. The van der Waals surface area contributed by atoms with Gasteiger partial charge in [-0.3, -0.25) is 0 Å². The lowest BCUT2D eigenvalue weighted by Gasteiger charge is -2.01. The normalized spacial score (nSPS) is 10.9. The Hall–Kier alpha value is -0.930. The largest absolute Gasteiger partial charge is 0.223 e. The predicted octanol–water partition coefficient (Wildman–Crippen LogP) is 1.89. The van der Waals surface area contributed by atoms with E-state index in [2.05, 4.69) is 15.9 Å². The molecule has 1 rings (SSSR count). The maximum absolute atomic E-state index is 13.1. The van der Waals surface area contributed by atoms with Crippen LogP contribution < -0.4 is 0 Å². The molecule has 0 aromatic heterocycles. The minimum absolute atomic E-state index is 0.451. The van der Waals surface area contributed by atoms with Gasteiger partial charge in [-0.15, -0.1) is 0 Å². The Morgan fingerprint density at radius 3 is 2.71 bits per heavy atom. The van der Waals surface area contributed by atoms with Gasteiger partial charge in [0.05, 0.1) is 6.07 Å². The number of halogens is 2. The Morgan fingerprint density at radius 1 is 1.50 bits per heavy atom. The van der Waals surface area contributed by atoms with E-state index in [0.29, 0.717) is 4.47 Å². The fourth-order valence-corrected chi connectivity index (χ4v) is 2.39. The molecule has 0 heterocycles. The second kappa shape index (κ2) is 4.07. The highest BCUT2D eigenvalue weighted by Crippen LogP contribution is 2.20. The number of benzene rings is 1. The van der Waals surface area contributed by atoms with Gasteiger partial charge in [-0.05, 0) is 18.2 Å². The van der Waals surface area contributed by atoms with E-state index >= 15 is 0 Å². The Labute approximate surface area is 89.2 Å². The number of rotatable bonds is 2. The minimum atomic E-state index is -3.83. The van der Waals surface area contributed by atoms with E-state index in [1.807, 2.05) is 0 Å². The highest BCUT2D eigenvalue weighted by Gasteiger charge is 2.18. The third-order valence-corrected chi connectivity index (χ3v) is 3.47. The second-order valence-electron chi connectivity index (χ2n) is 2.49. The topological polar surface area (TPSA) is 57.9 Å². The molecule has 1 aromatic carbocycles. The maximum Gasteiger partial charge on any atom is 0.194 e. The van der Waals surface area contributed by atoms with Crippen molar-refractivity contribution in [1.29, 1.82) is 5.26 Å². The van der Waals surface area contributed by atoms with Crippen molar-refractivity contribution in [3.8, 4) is 6.07 Å². The molecule has 0 aliphatic heterocycles. The van der Waals surface area contributed by atoms with Crippen LogP contribution in [-0.2, 0) is 9.84 Å². The van der Waals surface area contributed by atoms with E-state index in [-0.39, 0.29) is 0 Å². The van der Waals surface area contributed by atoms with E-state index in [1.165, 1.54) is 12.1 Å². The fourth-order valence-electron chi connectivity index (χ4n) is 0.878. The van der Waals surface area contributed by atoms with E-state index in [9.17, 15) is 12.8 Å². The van der Waals surface area contributed by atoms with Gasteiger partial charge < -0.3 is 0 Å². The van der Waals surface area contributed by atoms with Gasteiger partial charge in [-0.2, -0.15) is 5.26 Å². The molecule has 0 fully saturated rings. The fraction of sp³-hybridized carbons (Fsp3) is 0.125. The number of nitrogens with zero attached hydrogens (tertiary/aromatic N) is 1. The molecule has 0 spiro atoms. The van der Waals surface area contributed by atoms with Crippen LogP contribution in [0.3, 0.4) is 0 Å². The van der Waals surface area contributed by atoms with Crippen LogP contribution in [0.5, 0.6) is 0 Å². The van der Waals surface area contributed by atoms with Crippen molar-refractivity contribution in [2.75, 3.05) is 5.75 Å². The van der Waals surface area contributed by atoms with Crippen molar-refractivity contribution in [2.45, 2.75) is 4.90 Å². The van der Waals surface area contributed by atoms with Crippen molar-refractivity contribution in [1.82, 2.24) is 0 Å². The summed E-state index contributed by atoms with van der Waals surface area (Å²) in [7, 11) is -3.83. The number of nitriles is 1. The summed E-state index contributed by atoms with van der Waals surface area (Å²) in [6, 6.07) is 5.05. The molecule has 0 bridgehead atoms. The summed E-state index contributed by atoms with van der Waals surface area (Å²) < 4.78 is 36.2. The molecule has 14 heavy (non-hydrogen) atoms. The quantitative estimate of drug-likeness (QED) is 0.830. The lowest BCUT2D eigenvalue weighted by atomic mass is 10.3. The molecule has 74 valence electrons. The maximum atomic E-state index is 13.1. The lowest BCUT2D eigenvalue weighted by molar-refractivity contribution is 0.569. The Kier molecular flexibility index (Phi) is 3.24. The Balaban J connectivity index is 3.33. The predicted molar refractivity (Wildman–Crippen MR) is 51.8 cm³/mol. The highest BCUT2D eigenvalue weighted by molar-refractivity contribution is 9.10.